The van der Waals surface area contributed by atoms with E-state index in [0.717, 1.165) is 19.5 Å². The number of benzene rings is 1. The summed E-state index contributed by atoms with van der Waals surface area (Å²) >= 11 is 0. The van der Waals surface area contributed by atoms with E-state index in [9.17, 15) is 5.11 Å². The quantitative estimate of drug-likeness (QED) is 0.837. The number of rotatable bonds is 6. The van der Waals surface area contributed by atoms with E-state index in [1.807, 2.05) is 0 Å². The third-order valence-corrected chi connectivity index (χ3v) is 4.32. The summed E-state index contributed by atoms with van der Waals surface area (Å²) in [5.74, 6) is 0.345. The number of phenols is 1. The first-order valence-corrected chi connectivity index (χ1v) is 7.90. The molecular formula is C17H28N2O. The van der Waals surface area contributed by atoms with Crippen LogP contribution in [0.15, 0.2) is 24.3 Å². The fraction of sp³-hybridized carbons (Fsp3) is 0.647. The molecule has 0 amide bonds. The lowest BCUT2D eigenvalue weighted by Crippen LogP contribution is -2.43. The van der Waals surface area contributed by atoms with Crippen LogP contribution in [0.25, 0.3) is 0 Å². The van der Waals surface area contributed by atoms with Crippen molar-refractivity contribution in [3.63, 3.8) is 0 Å². The average molecular weight is 276 g/mol. The molecule has 0 aliphatic carbocycles. The smallest absolute Gasteiger partial charge is 0.115 e. The molecule has 0 saturated carbocycles. The van der Waals surface area contributed by atoms with Crippen molar-refractivity contribution in [2.24, 2.45) is 0 Å². The zero-order chi connectivity index (χ0) is 14.5. The summed E-state index contributed by atoms with van der Waals surface area (Å²) in [5, 5.41) is 13.1. The van der Waals surface area contributed by atoms with Crippen molar-refractivity contribution in [2.45, 2.75) is 58.2 Å². The van der Waals surface area contributed by atoms with Crippen LogP contribution in [0.1, 0.15) is 51.6 Å². The van der Waals surface area contributed by atoms with Crippen molar-refractivity contribution in [1.82, 2.24) is 10.2 Å². The Balaban J connectivity index is 2.13. The third kappa shape index (κ3) is 3.74. The maximum Gasteiger partial charge on any atom is 0.115 e. The van der Waals surface area contributed by atoms with Crippen LogP contribution in [-0.2, 0) is 0 Å². The maximum atomic E-state index is 9.47. The SMILES string of the molecule is CCC(c1ccc(O)cc1)N(CC1CCCN1)C(C)C. The summed E-state index contributed by atoms with van der Waals surface area (Å²) in [6.45, 7) is 9.06. The number of nitrogens with one attached hydrogen (secondary N) is 1. The largest absolute Gasteiger partial charge is 0.508 e. The summed E-state index contributed by atoms with van der Waals surface area (Å²) < 4.78 is 0. The van der Waals surface area contributed by atoms with Gasteiger partial charge in [0.05, 0.1) is 0 Å². The highest BCUT2D eigenvalue weighted by Gasteiger charge is 2.25. The Labute approximate surface area is 123 Å². The maximum absolute atomic E-state index is 9.47. The van der Waals surface area contributed by atoms with Crippen LogP contribution in [0.4, 0.5) is 0 Å². The molecule has 1 saturated heterocycles. The van der Waals surface area contributed by atoms with Crippen molar-refractivity contribution in [3.05, 3.63) is 29.8 Å². The molecule has 1 aromatic rings. The van der Waals surface area contributed by atoms with Gasteiger partial charge in [0.25, 0.3) is 0 Å². The normalized spacial score (nSPS) is 20.8. The third-order valence-electron chi connectivity index (χ3n) is 4.32. The fourth-order valence-corrected chi connectivity index (χ4v) is 3.22. The van der Waals surface area contributed by atoms with Gasteiger partial charge >= 0.3 is 0 Å². The lowest BCUT2D eigenvalue weighted by molar-refractivity contribution is 0.135. The molecule has 1 heterocycles. The Morgan fingerprint density at radius 3 is 2.50 bits per heavy atom. The van der Waals surface area contributed by atoms with Crippen LogP contribution < -0.4 is 5.32 Å². The molecule has 0 spiro atoms. The number of hydrogen-bond acceptors (Lipinski definition) is 3. The summed E-state index contributed by atoms with van der Waals surface area (Å²) in [5.41, 5.74) is 1.30. The van der Waals surface area contributed by atoms with Gasteiger partial charge in [-0.1, -0.05) is 19.1 Å². The van der Waals surface area contributed by atoms with Gasteiger partial charge < -0.3 is 10.4 Å². The van der Waals surface area contributed by atoms with Gasteiger partial charge in [0.1, 0.15) is 5.75 Å². The fourth-order valence-electron chi connectivity index (χ4n) is 3.22. The molecular weight excluding hydrogens is 248 g/mol. The first-order valence-electron chi connectivity index (χ1n) is 7.90. The molecule has 3 nitrogen and oxygen atoms in total. The summed E-state index contributed by atoms with van der Waals surface area (Å²) in [6, 6.07) is 9.29. The number of nitrogens with zero attached hydrogens (tertiary/aromatic N) is 1. The van der Waals surface area contributed by atoms with Gasteiger partial charge in [-0.05, 0) is 57.4 Å². The standard InChI is InChI=1S/C17H28N2O/c1-4-17(14-7-9-16(20)10-8-14)19(13(2)3)12-15-6-5-11-18-15/h7-10,13,15,17-18,20H,4-6,11-12H2,1-3H3. The average Bonchev–Trinajstić information content (AvgIpc) is 2.93. The van der Waals surface area contributed by atoms with Crippen molar-refractivity contribution < 1.29 is 5.11 Å². The second-order valence-electron chi connectivity index (χ2n) is 6.10. The van der Waals surface area contributed by atoms with Crippen LogP contribution in [0.3, 0.4) is 0 Å². The second-order valence-corrected chi connectivity index (χ2v) is 6.10. The van der Waals surface area contributed by atoms with Gasteiger partial charge in [-0.15, -0.1) is 0 Å². The molecule has 0 bridgehead atoms. The summed E-state index contributed by atoms with van der Waals surface area (Å²) in [6.07, 6.45) is 3.68. The van der Waals surface area contributed by atoms with E-state index in [-0.39, 0.29) is 0 Å². The van der Waals surface area contributed by atoms with E-state index in [1.54, 1.807) is 12.1 Å². The Morgan fingerprint density at radius 1 is 1.30 bits per heavy atom. The van der Waals surface area contributed by atoms with E-state index in [4.69, 9.17) is 0 Å². The molecule has 1 aromatic carbocycles. The molecule has 3 heteroatoms. The minimum Gasteiger partial charge on any atom is -0.508 e. The minimum atomic E-state index is 0.345. The van der Waals surface area contributed by atoms with E-state index in [1.165, 1.54) is 18.4 Å². The number of hydrogen-bond donors (Lipinski definition) is 2. The molecule has 1 fully saturated rings. The van der Waals surface area contributed by atoms with E-state index in [2.05, 4.69) is 43.1 Å². The van der Waals surface area contributed by atoms with Gasteiger partial charge in [0.15, 0.2) is 0 Å². The van der Waals surface area contributed by atoms with E-state index >= 15 is 0 Å². The van der Waals surface area contributed by atoms with Crippen LogP contribution in [0.5, 0.6) is 5.75 Å². The molecule has 1 aliphatic rings. The van der Waals surface area contributed by atoms with Crippen molar-refractivity contribution in [1.29, 1.82) is 0 Å². The zero-order valence-corrected chi connectivity index (χ0v) is 13.0. The number of aromatic hydroxyl groups is 1. The Hall–Kier alpha value is -1.06. The highest BCUT2D eigenvalue weighted by molar-refractivity contribution is 5.28. The minimum absolute atomic E-state index is 0.345. The Bertz CT molecular complexity index is 396. The first-order chi connectivity index (χ1) is 9.61. The van der Waals surface area contributed by atoms with Crippen LogP contribution >= 0.6 is 0 Å². The molecule has 2 unspecified atom stereocenters. The predicted octanol–water partition coefficient (Wildman–Crippen LogP) is 3.31. The molecule has 2 rings (SSSR count). The van der Waals surface area contributed by atoms with Gasteiger partial charge in [0.2, 0.25) is 0 Å². The predicted molar refractivity (Wildman–Crippen MR) is 84.0 cm³/mol. The molecule has 0 aromatic heterocycles. The Kier molecular flexibility index (Phi) is 5.44. The second kappa shape index (κ2) is 7.09. The summed E-state index contributed by atoms with van der Waals surface area (Å²) in [4.78, 5) is 2.59. The monoisotopic (exact) mass is 276 g/mol. The van der Waals surface area contributed by atoms with Gasteiger partial charge in [-0.3, -0.25) is 4.90 Å². The van der Waals surface area contributed by atoms with Gasteiger partial charge in [-0.25, -0.2) is 0 Å². The van der Waals surface area contributed by atoms with Crippen LogP contribution in [-0.4, -0.2) is 35.2 Å². The van der Waals surface area contributed by atoms with Gasteiger partial charge in [-0.2, -0.15) is 0 Å². The molecule has 1 aliphatic heterocycles. The van der Waals surface area contributed by atoms with Crippen molar-refractivity contribution in [3.8, 4) is 5.75 Å². The van der Waals surface area contributed by atoms with Crippen molar-refractivity contribution in [2.75, 3.05) is 13.1 Å². The van der Waals surface area contributed by atoms with E-state index < -0.39 is 0 Å². The van der Waals surface area contributed by atoms with Crippen LogP contribution in [0, 0.1) is 0 Å². The van der Waals surface area contributed by atoms with Gasteiger partial charge in [0, 0.05) is 24.7 Å². The first kappa shape index (κ1) is 15.3. The lowest BCUT2D eigenvalue weighted by Gasteiger charge is -2.36. The lowest BCUT2D eigenvalue weighted by atomic mass is 10.00. The number of phenolic OH excluding ortho intramolecular Hbond substituents is 1. The Morgan fingerprint density at radius 2 is 2.00 bits per heavy atom. The highest BCUT2D eigenvalue weighted by Crippen LogP contribution is 2.28. The molecule has 2 atom stereocenters. The zero-order valence-electron chi connectivity index (χ0n) is 13.0. The topological polar surface area (TPSA) is 35.5 Å². The van der Waals surface area contributed by atoms with E-state index in [0.29, 0.717) is 23.9 Å². The van der Waals surface area contributed by atoms with Crippen LogP contribution in [0.2, 0.25) is 0 Å². The molecule has 2 N–H and O–H groups in total. The molecule has 0 radical (unpaired) electrons. The highest BCUT2D eigenvalue weighted by atomic mass is 16.3. The van der Waals surface area contributed by atoms with Crippen molar-refractivity contribution >= 4 is 0 Å². The molecule has 20 heavy (non-hydrogen) atoms. The molecule has 112 valence electrons. The summed E-state index contributed by atoms with van der Waals surface area (Å²) in [7, 11) is 0.